The lowest BCUT2D eigenvalue weighted by atomic mass is 9.98. The number of hydrogen-bond acceptors (Lipinski definition) is 2. The summed E-state index contributed by atoms with van der Waals surface area (Å²) in [6, 6.07) is 10.5. The summed E-state index contributed by atoms with van der Waals surface area (Å²) in [5.74, 6) is -0.345. The summed E-state index contributed by atoms with van der Waals surface area (Å²) in [4.78, 5) is 16.3. The number of aryl methyl sites for hydroxylation is 2. The second kappa shape index (κ2) is 5.99. The standard InChI is InChI=1S/C20H20FN3O/c1-3-13-5-4-12(2)15(8-13)14-6-7-19-22-18(11-24(19)10-14)23-20(25)16-9-17(16)21/h4-8,10-11,16-17H,3,9H2,1-2H3,(H,23,25)/t16-,17+/m1/s1. The molecule has 1 N–H and O–H groups in total. The summed E-state index contributed by atoms with van der Waals surface area (Å²) in [6.45, 7) is 4.24. The van der Waals surface area contributed by atoms with Gasteiger partial charge in [-0.3, -0.25) is 4.79 Å². The molecule has 25 heavy (non-hydrogen) atoms. The van der Waals surface area contributed by atoms with Crippen molar-refractivity contribution in [3.8, 4) is 11.1 Å². The molecular formula is C20H20FN3O. The number of nitrogens with one attached hydrogen (secondary N) is 1. The van der Waals surface area contributed by atoms with Crippen LogP contribution in [0.2, 0.25) is 0 Å². The van der Waals surface area contributed by atoms with Crippen molar-refractivity contribution in [1.29, 1.82) is 0 Å². The molecule has 3 aromatic rings. The van der Waals surface area contributed by atoms with E-state index in [4.69, 9.17) is 0 Å². The molecule has 128 valence electrons. The maximum Gasteiger partial charge on any atom is 0.231 e. The number of aromatic nitrogens is 2. The van der Waals surface area contributed by atoms with Crippen LogP contribution in [0.15, 0.2) is 42.7 Å². The summed E-state index contributed by atoms with van der Waals surface area (Å²) in [5, 5.41) is 2.70. The molecule has 2 aromatic heterocycles. The molecule has 1 fully saturated rings. The number of imidazole rings is 1. The molecule has 0 bridgehead atoms. The van der Waals surface area contributed by atoms with E-state index in [1.54, 1.807) is 6.20 Å². The lowest BCUT2D eigenvalue weighted by Gasteiger charge is -2.09. The number of hydrogen-bond donors (Lipinski definition) is 1. The van der Waals surface area contributed by atoms with Crippen LogP contribution >= 0.6 is 0 Å². The topological polar surface area (TPSA) is 46.4 Å². The van der Waals surface area contributed by atoms with E-state index in [1.165, 1.54) is 16.7 Å². The van der Waals surface area contributed by atoms with Crippen molar-refractivity contribution in [2.75, 3.05) is 5.32 Å². The Labute approximate surface area is 145 Å². The van der Waals surface area contributed by atoms with Crippen LogP contribution in [0.4, 0.5) is 10.2 Å². The SMILES string of the molecule is CCc1ccc(C)c(-c2ccc3nc(NC(=O)[C@@H]4C[C@@H]4F)cn3c2)c1. The number of benzene rings is 1. The van der Waals surface area contributed by atoms with Gasteiger partial charge in [0.05, 0.1) is 12.1 Å². The van der Waals surface area contributed by atoms with Gasteiger partial charge in [0, 0.05) is 6.20 Å². The number of halogens is 1. The fourth-order valence-electron chi connectivity index (χ4n) is 3.07. The molecule has 2 atom stereocenters. The van der Waals surface area contributed by atoms with Crippen LogP contribution in [0, 0.1) is 12.8 Å². The molecule has 1 aliphatic carbocycles. The van der Waals surface area contributed by atoms with Gasteiger partial charge >= 0.3 is 0 Å². The zero-order valence-electron chi connectivity index (χ0n) is 14.3. The highest BCUT2D eigenvalue weighted by atomic mass is 19.1. The highest BCUT2D eigenvalue weighted by molar-refractivity contribution is 5.94. The number of nitrogens with zero attached hydrogens (tertiary/aromatic N) is 2. The van der Waals surface area contributed by atoms with Crippen LogP contribution in [0.25, 0.3) is 16.8 Å². The Morgan fingerprint density at radius 3 is 2.84 bits per heavy atom. The first-order valence-corrected chi connectivity index (χ1v) is 8.58. The van der Waals surface area contributed by atoms with Crippen molar-refractivity contribution in [2.45, 2.75) is 32.9 Å². The molecular weight excluding hydrogens is 317 g/mol. The van der Waals surface area contributed by atoms with E-state index < -0.39 is 12.1 Å². The van der Waals surface area contributed by atoms with Crippen molar-refractivity contribution < 1.29 is 9.18 Å². The summed E-state index contributed by atoms with van der Waals surface area (Å²) >= 11 is 0. The van der Waals surface area contributed by atoms with Crippen LogP contribution in [0.3, 0.4) is 0 Å². The average Bonchev–Trinajstić information content (AvgIpc) is 3.20. The summed E-state index contributed by atoms with van der Waals surface area (Å²) in [6.07, 6.45) is 4.09. The molecule has 0 radical (unpaired) electrons. The fraction of sp³-hybridized carbons (Fsp3) is 0.300. The minimum Gasteiger partial charge on any atom is -0.309 e. The molecule has 1 amide bonds. The van der Waals surface area contributed by atoms with Gasteiger partial charge in [0.1, 0.15) is 11.8 Å². The maximum absolute atomic E-state index is 13.0. The Bertz CT molecular complexity index is 963. The largest absolute Gasteiger partial charge is 0.309 e. The molecule has 0 spiro atoms. The van der Waals surface area contributed by atoms with Crippen molar-refractivity contribution in [2.24, 2.45) is 5.92 Å². The molecule has 1 aromatic carbocycles. The second-order valence-electron chi connectivity index (χ2n) is 6.66. The van der Waals surface area contributed by atoms with Crippen molar-refractivity contribution in [3.05, 3.63) is 53.9 Å². The number of rotatable bonds is 4. The Hall–Kier alpha value is -2.69. The van der Waals surface area contributed by atoms with Crippen LogP contribution in [0.1, 0.15) is 24.5 Å². The Balaban J connectivity index is 1.65. The van der Waals surface area contributed by atoms with Crippen LogP contribution in [0.5, 0.6) is 0 Å². The van der Waals surface area contributed by atoms with Crippen molar-refractivity contribution in [1.82, 2.24) is 9.38 Å². The zero-order chi connectivity index (χ0) is 17.6. The predicted molar refractivity (Wildman–Crippen MR) is 96.4 cm³/mol. The number of carbonyl (C=O) groups excluding carboxylic acids is 1. The van der Waals surface area contributed by atoms with E-state index in [9.17, 15) is 9.18 Å². The van der Waals surface area contributed by atoms with Crippen LogP contribution in [-0.4, -0.2) is 21.5 Å². The molecule has 0 aliphatic heterocycles. The lowest BCUT2D eigenvalue weighted by Crippen LogP contribution is -2.15. The molecule has 4 nitrogen and oxygen atoms in total. The third kappa shape index (κ3) is 3.02. The van der Waals surface area contributed by atoms with Gasteiger partial charge in [-0.2, -0.15) is 0 Å². The highest BCUT2D eigenvalue weighted by Gasteiger charge is 2.43. The molecule has 1 saturated carbocycles. The van der Waals surface area contributed by atoms with Gasteiger partial charge in [0.2, 0.25) is 5.91 Å². The fourth-order valence-corrected chi connectivity index (χ4v) is 3.07. The summed E-state index contributed by atoms with van der Waals surface area (Å²) in [5.41, 5.74) is 5.55. The number of anilines is 1. The third-order valence-corrected chi connectivity index (χ3v) is 4.77. The van der Waals surface area contributed by atoms with Gasteiger partial charge in [-0.15, -0.1) is 0 Å². The van der Waals surface area contributed by atoms with E-state index in [0.29, 0.717) is 12.2 Å². The van der Waals surface area contributed by atoms with Crippen LogP contribution in [-0.2, 0) is 11.2 Å². The van der Waals surface area contributed by atoms with Gasteiger partial charge in [0.15, 0.2) is 5.82 Å². The van der Waals surface area contributed by atoms with Gasteiger partial charge in [-0.25, -0.2) is 9.37 Å². The second-order valence-corrected chi connectivity index (χ2v) is 6.66. The lowest BCUT2D eigenvalue weighted by molar-refractivity contribution is -0.117. The van der Waals surface area contributed by atoms with Crippen molar-refractivity contribution >= 4 is 17.4 Å². The number of amides is 1. The number of carbonyl (C=O) groups is 1. The average molecular weight is 337 g/mol. The first-order valence-electron chi connectivity index (χ1n) is 8.58. The summed E-state index contributed by atoms with van der Waals surface area (Å²) in [7, 11) is 0. The van der Waals surface area contributed by atoms with Crippen LogP contribution < -0.4 is 5.32 Å². The molecule has 4 rings (SSSR count). The van der Waals surface area contributed by atoms with E-state index >= 15 is 0 Å². The van der Waals surface area contributed by atoms with Gasteiger partial charge in [-0.05, 0) is 54.2 Å². The number of alkyl halides is 1. The minimum absolute atomic E-state index is 0.289. The van der Waals surface area contributed by atoms with E-state index in [1.807, 2.05) is 22.7 Å². The van der Waals surface area contributed by atoms with Gasteiger partial charge in [-0.1, -0.05) is 25.1 Å². The minimum atomic E-state index is -1.00. The number of pyridine rings is 1. The zero-order valence-corrected chi connectivity index (χ0v) is 14.3. The van der Waals surface area contributed by atoms with Crippen molar-refractivity contribution in [3.63, 3.8) is 0 Å². The number of fused-ring (bicyclic) bond motifs is 1. The normalized spacial score (nSPS) is 19.2. The maximum atomic E-state index is 13.0. The van der Waals surface area contributed by atoms with Gasteiger partial charge in [0.25, 0.3) is 0 Å². The van der Waals surface area contributed by atoms with E-state index in [2.05, 4.69) is 42.3 Å². The van der Waals surface area contributed by atoms with E-state index in [-0.39, 0.29) is 5.91 Å². The molecule has 0 saturated heterocycles. The van der Waals surface area contributed by atoms with Gasteiger partial charge < -0.3 is 9.72 Å². The first-order chi connectivity index (χ1) is 12.0. The molecule has 5 heteroatoms. The predicted octanol–water partition coefficient (Wildman–Crippen LogP) is 4.17. The molecule has 2 heterocycles. The van der Waals surface area contributed by atoms with E-state index in [0.717, 1.165) is 17.6 Å². The Kier molecular flexibility index (Phi) is 3.79. The Morgan fingerprint density at radius 1 is 1.32 bits per heavy atom. The smallest absolute Gasteiger partial charge is 0.231 e. The highest BCUT2D eigenvalue weighted by Crippen LogP contribution is 2.34. The Morgan fingerprint density at radius 2 is 2.12 bits per heavy atom. The monoisotopic (exact) mass is 337 g/mol. The first kappa shape index (κ1) is 15.8. The molecule has 0 unspecified atom stereocenters. The molecule has 1 aliphatic rings. The third-order valence-electron chi connectivity index (χ3n) is 4.77. The summed E-state index contributed by atoms with van der Waals surface area (Å²) < 4.78 is 14.9. The quantitative estimate of drug-likeness (QED) is 0.777.